The van der Waals surface area contributed by atoms with E-state index in [4.69, 9.17) is 17.1 Å². The molecule has 0 spiro atoms. The molecule has 0 aromatic heterocycles. The molecule has 0 aliphatic rings. The molecule has 2 radical (unpaired) electrons. The van der Waals surface area contributed by atoms with E-state index in [1.807, 2.05) is 0 Å². The third kappa shape index (κ3) is 14.2. The van der Waals surface area contributed by atoms with Gasteiger partial charge in [0.2, 0.25) is 0 Å². The van der Waals surface area contributed by atoms with Crippen LogP contribution in [0.25, 0.3) is 0 Å². The molecule has 0 heterocycles. The van der Waals surface area contributed by atoms with Crippen LogP contribution >= 0.6 is 0 Å². The highest BCUT2D eigenvalue weighted by Gasteiger charge is 2.43. The largest absolute Gasteiger partial charge is 0.436 e. The quantitative estimate of drug-likeness (QED) is 0.336. The standard InChI is InChI=1S/C16H44O4Si6/c1-21(2)15-17-25(11,19-23(5,6)7)13-14-26(12,18-16-22(3)4)20-24(8,9)10/h13-16H2,1-12H3. The lowest BCUT2D eigenvalue weighted by Gasteiger charge is -2.38. The van der Waals surface area contributed by atoms with Gasteiger partial charge in [0.25, 0.3) is 0 Å². The first kappa shape index (κ1) is 27.1. The van der Waals surface area contributed by atoms with Crippen LogP contribution in [0.2, 0.25) is 90.7 Å². The van der Waals surface area contributed by atoms with E-state index in [1.165, 1.54) is 0 Å². The fraction of sp³-hybridized carbons (Fsp3) is 1.00. The van der Waals surface area contributed by atoms with Crippen molar-refractivity contribution in [2.45, 2.75) is 90.7 Å². The zero-order valence-electron chi connectivity index (χ0n) is 19.5. The summed E-state index contributed by atoms with van der Waals surface area (Å²) in [5, 5.41) is 0. The minimum absolute atomic E-state index is 0.417. The van der Waals surface area contributed by atoms with Gasteiger partial charge in [-0.05, 0) is 64.5 Å². The van der Waals surface area contributed by atoms with Crippen molar-refractivity contribution < 1.29 is 17.1 Å². The average Bonchev–Trinajstić information content (AvgIpc) is 2.38. The summed E-state index contributed by atoms with van der Waals surface area (Å²) < 4.78 is 26.1. The van der Waals surface area contributed by atoms with Crippen molar-refractivity contribution in [3.63, 3.8) is 0 Å². The molecule has 0 aliphatic carbocycles. The molecule has 4 nitrogen and oxygen atoms in total. The lowest BCUT2D eigenvalue weighted by atomic mass is 10.9. The van der Waals surface area contributed by atoms with Crippen molar-refractivity contribution in [3.8, 4) is 0 Å². The highest BCUT2D eigenvalue weighted by molar-refractivity contribution is 6.85. The first-order valence-corrected chi connectivity index (χ1v) is 27.0. The molecule has 0 aromatic carbocycles. The van der Waals surface area contributed by atoms with E-state index >= 15 is 0 Å². The summed E-state index contributed by atoms with van der Waals surface area (Å²) in [6.45, 7) is 27.3. The van der Waals surface area contributed by atoms with Gasteiger partial charge in [-0.15, -0.1) is 0 Å². The monoisotopic (exact) mass is 468 g/mol. The normalized spacial score (nSPS) is 18.2. The van der Waals surface area contributed by atoms with Crippen molar-refractivity contribution in [3.05, 3.63) is 0 Å². The van der Waals surface area contributed by atoms with Crippen molar-refractivity contribution >= 4 is 51.4 Å². The van der Waals surface area contributed by atoms with Crippen molar-refractivity contribution in [1.29, 1.82) is 0 Å². The van der Waals surface area contributed by atoms with Gasteiger partial charge in [0.1, 0.15) is 0 Å². The summed E-state index contributed by atoms with van der Waals surface area (Å²) >= 11 is 0. The Balaban J connectivity index is 5.22. The second-order valence-electron chi connectivity index (χ2n) is 10.2. The molecule has 0 saturated carbocycles. The predicted octanol–water partition coefficient (Wildman–Crippen LogP) is 5.45. The Bertz CT molecular complexity index is 373. The Labute approximate surface area is 171 Å². The second kappa shape index (κ2) is 10.8. The number of hydrogen-bond acceptors (Lipinski definition) is 4. The van der Waals surface area contributed by atoms with Gasteiger partial charge in [0.15, 0.2) is 16.6 Å². The van der Waals surface area contributed by atoms with Crippen LogP contribution in [0.4, 0.5) is 0 Å². The first-order chi connectivity index (χ1) is 11.5. The Morgan fingerprint density at radius 3 is 1.00 bits per heavy atom. The van der Waals surface area contributed by atoms with Crippen LogP contribution in [0.5, 0.6) is 0 Å². The Morgan fingerprint density at radius 2 is 0.808 bits per heavy atom. The Morgan fingerprint density at radius 1 is 0.538 bits per heavy atom. The molecule has 0 bridgehead atoms. The van der Waals surface area contributed by atoms with E-state index in [9.17, 15) is 0 Å². The molecule has 10 heteroatoms. The molecular formula is C16H44O4Si6. The van der Waals surface area contributed by atoms with Crippen LogP contribution in [0.15, 0.2) is 0 Å². The van der Waals surface area contributed by atoms with Gasteiger partial charge in [-0.2, -0.15) is 0 Å². The van der Waals surface area contributed by atoms with Gasteiger partial charge < -0.3 is 17.1 Å². The third-order valence-corrected chi connectivity index (χ3v) is 18.1. The van der Waals surface area contributed by atoms with E-state index in [0.29, 0.717) is 0 Å². The van der Waals surface area contributed by atoms with E-state index < -0.39 is 51.4 Å². The van der Waals surface area contributed by atoms with Crippen molar-refractivity contribution in [2.24, 2.45) is 0 Å². The molecule has 0 N–H and O–H groups in total. The van der Waals surface area contributed by atoms with Crippen molar-refractivity contribution in [1.82, 2.24) is 0 Å². The maximum atomic E-state index is 6.63. The van der Waals surface area contributed by atoms with E-state index in [1.54, 1.807) is 0 Å². The van der Waals surface area contributed by atoms with Crippen LogP contribution in [0.3, 0.4) is 0 Å². The first-order valence-electron chi connectivity index (χ1n) is 9.72. The molecule has 156 valence electrons. The van der Waals surface area contributed by atoms with Crippen LogP contribution in [-0.2, 0) is 17.1 Å². The minimum atomic E-state index is -2.20. The third-order valence-electron chi connectivity index (χ3n) is 3.41. The summed E-state index contributed by atoms with van der Waals surface area (Å²) in [4.78, 5) is 0. The van der Waals surface area contributed by atoms with Gasteiger partial charge in [-0.3, -0.25) is 0 Å². The predicted molar refractivity (Wildman–Crippen MR) is 129 cm³/mol. The SMILES string of the molecule is C[Si](C)CO[Si](C)(CC[Si](C)(OC[Si](C)C)O[Si](C)(C)C)O[Si](C)(C)C. The molecule has 0 amide bonds. The van der Waals surface area contributed by atoms with E-state index in [-0.39, 0.29) is 0 Å². The average molecular weight is 469 g/mol. The van der Waals surface area contributed by atoms with E-state index in [0.717, 1.165) is 24.5 Å². The second-order valence-corrected chi connectivity index (χ2v) is 31.8. The summed E-state index contributed by atoms with van der Waals surface area (Å²) in [7, 11) is -8.54. The smallest absolute Gasteiger partial charge is 0.324 e. The molecule has 0 fully saturated rings. The summed E-state index contributed by atoms with van der Waals surface area (Å²) in [5.74, 6) is 0. The lowest BCUT2D eigenvalue weighted by molar-refractivity contribution is 0.268. The zero-order valence-corrected chi connectivity index (χ0v) is 25.5. The van der Waals surface area contributed by atoms with Gasteiger partial charge in [-0.1, -0.05) is 26.2 Å². The van der Waals surface area contributed by atoms with Crippen LogP contribution in [0.1, 0.15) is 0 Å². The zero-order chi connectivity index (χ0) is 20.8. The van der Waals surface area contributed by atoms with Gasteiger partial charge in [-0.25, -0.2) is 0 Å². The summed E-state index contributed by atoms with van der Waals surface area (Å²) in [6, 6.07) is 1.96. The molecule has 0 rings (SSSR count). The molecule has 0 aliphatic heterocycles. The lowest BCUT2D eigenvalue weighted by Crippen LogP contribution is -2.53. The molecule has 26 heavy (non-hydrogen) atoms. The summed E-state index contributed by atoms with van der Waals surface area (Å²) in [6.07, 6.45) is 1.76. The van der Waals surface area contributed by atoms with Crippen LogP contribution < -0.4 is 0 Å². The fourth-order valence-corrected chi connectivity index (χ4v) is 23.0. The maximum absolute atomic E-state index is 6.63. The molecule has 2 unspecified atom stereocenters. The molecule has 0 aromatic rings. The van der Waals surface area contributed by atoms with E-state index in [2.05, 4.69) is 78.6 Å². The Hall–Kier alpha value is 1.14. The molecule has 2 atom stereocenters. The summed E-state index contributed by atoms with van der Waals surface area (Å²) in [5.41, 5.74) is 0. The van der Waals surface area contributed by atoms with Crippen LogP contribution in [0, 0.1) is 0 Å². The van der Waals surface area contributed by atoms with Crippen molar-refractivity contribution in [2.75, 3.05) is 12.5 Å². The van der Waals surface area contributed by atoms with Gasteiger partial charge in [0, 0.05) is 12.5 Å². The van der Waals surface area contributed by atoms with Gasteiger partial charge >= 0.3 is 17.1 Å². The molecular weight excluding hydrogens is 425 g/mol. The number of hydrogen-bond donors (Lipinski definition) is 0. The molecule has 0 saturated heterocycles. The fourth-order valence-electron chi connectivity index (χ4n) is 2.65. The Kier molecular flexibility index (Phi) is 11.3. The number of rotatable bonds is 13. The van der Waals surface area contributed by atoms with Crippen LogP contribution in [-0.4, -0.2) is 63.8 Å². The highest BCUT2D eigenvalue weighted by Crippen LogP contribution is 2.29. The highest BCUT2D eigenvalue weighted by atomic mass is 28.4. The van der Waals surface area contributed by atoms with Gasteiger partial charge in [0.05, 0.1) is 17.6 Å². The minimum Gasteiger partial charge on any atom is -0.436 e. The topological polar surface area (TPSA) is 36.9 Å². The maximum Gasteiger partial charge on any atom is 0.324 e.